The first kappa shape index (κ1) is 18.0. The van der Waals surface area contributed by atoms with Gasteiger partial charge < -0.3 is 19.9 Å². The highest BCUT2D eigenvalue weighted by molar-refractivity contribution is 5.81. The molecule has 0 unspecified atom stereocenters. The van der Waals surface area contributed by atoms with Crippen LogP contribution in [-0.4, -0.2) is 51.5 Å². The second-order valence-electron chi connectivity index (χ2n) is 6.19. The van der Waals surface area contributed by atoms with Gasteiger partial charge in [0.05, 0.1) is 12.9 Å². The van der Waals surface area contributed by atoms with Gasteiger partial charge in [0.1, 0.15) is 0 Å². The monoisotopic (exact) mass is 362 g/mol. The van der Waals surface area contributed by atoms with E-state index in [0.717, 1.165) is 12.1 Å². The Bertz CT molecular complexity index is 879. The number of ether oxygens (including phenoxy) is 1. The van der Waals surface area contributed by atoms with Gasteiger partial charge in [0.25, 0.3) is 6.43 Å². The van der Waals surface area contributed by atoms with Crippen LogP contribution in [0.2, 0.25) is 0 Å². The van der Waals surface area contributed by atoms with Crippen molar-refractivity contribution in [2.75, 3.05) is 26.4 Å². The van der Waals surface area contributed by atoms with E-state index >= 15 is 0 Å². The maximum absolute atomic E-state index is 12.3. The van der Waals surface area contributed by atoms with Crippen LogP contribution < -0.4 is 10.5 Å². The molecule has 2 N–H and O–H groups in total. The molecule has 0 atom stereocenters. The fourth-order valence-electron chi connectivity index (χ4n) is 2.58. The zero-order valence-electron chi connectivity index (χ0n) is 14.6. The third kappa shape index (κ3) is 4.23. The number of nitrogens with zero attached hydrogens (tertiary/aromatic N) is 5. The summed E-state index contributed by atoms with van der Waals surface area (Å²) in [5.74, 6) is 0.0966. The molecular formula is C17H20F2N6O. The molecular weight excluding hydrogens is 342 g/mol. The van der Waals surface area contributed by atoms with E-state index in [1.807, 2.05) is 26.2 Å². The lowest BCUT2D eigenvalue weighted by atomic mass is 10.1. The highest BCUT2D eigenvalue weighted by atomic mass is 19.3. The molecule has 0 aliphatic heterocycles. The minimum absolute atomic E-state index is 0.0966. The number of hydrogen-bond acceptors (Lipinski definition) is 6. The van der Waals surface area contributed by atoms with Crippen molar-refractivity contribution in [3.05, 3.63) is 41.7 Å². The van der Waals surface area contributed by atoms with Gasteiger partial charge in [-0.15, -0.1) is 0 Å². The molecule has 0 saturated carbocycles. The molecule has 0 spiro atoms. The second kappa shape index (κ2) is 7.61. The van der Waals surface area contributed by atoms with E-state index in [4.69, 9.17) is 10.5 Å². The summed E-state index contributed by atoms with van der Waals surface area (Å²) >= 11 is 0. The summed E-state index contributed by atoms with van der Waals surface area (Å²) in [5.41, 5.74) is 8.96. The van der Waals surface area contributed by atoms with Gasteiger partial charge in [0.15, 0.2) is 23.6 Å². The van der Waals surface area contributed by atoms with E-state index in [1.54, 1.807) is 10.9 Å². The number of benzene rings is 1. The molecule has 1 aromatic carbocycles. The van der Waals surface area contributed by atoms with Crippen LogP contribution in [0.3, 0.4) is 0 Å². The predicted octanol–water partition coefficient (Wildman–Crippen LogP) is 2.16. The van der Waals surface area contributed by atoms with Crippen molar-refractivity contribution in [1.82, 2.24) is 24.4 Å². The van der Waals surface area contributed by atoms with E-state index in [0.29, 0.717) is 17.7 Å². The molecule has 0 radical (unpaired) electrons. The number of aromatic nitrogens is 4. The van der Waals surface area contributed by atoms with Gasteiger partial charge >= 0.3 is 6.01 Å². The number of rotatable bonds is 7. The SMILES string of the molecule is CN(C)Cc1ccc(Cn2cnc3c(N)nc(OCC(F)F)nc32)cc1. The molecule has 0 bridgehead atoms. The zero-order chi connectivity index (χ0) is 18.7. The van der Waals surface area contributed by atoms with Crippen molar-refractivity contribution in [2.45, 2.75) is 19.5 Å². The minimum Gasteiger partial charge on any atom is -0.457 e. The second-order valence-corrected chi connectivity index (χ2v) is 6.19. The molecule has 0 fully saturated rings. The van der Waals surface area contributed by atoms with Crippen LogP contribution in [0.25, 0.3) is 11.2 Å². The van der Waals surface area contributed by atoms with Gasteiger partial charge in [-0.2, -0.15) is 9.97 Å². The van der Waals surface area contributed by atoms with Crippen LogP contribution >= 0.6 is 0 Å². The summed E-state index contributed by atoms with van der Waals surface area (Å²) < 4.78 is 31.3. The summed E-state index contributed by atoms with van der Waals surface area (Å²) in [5, 5.41) is 0. The number of alkyl halides is 2. The molecule has 7 nitrogen and oxygen atoms in total. The topological polar surface area (TPSA) is 82.1 Å². The van der Waals surface area contributed by atoms with Crippen LogP contribution in [0.5, 0.6) is 6.01 Å². The maximum Gasteiger partial charge on any atom is 0.320 e. The van der Waals surface area contributed by atoms with Crippen LogP contribution in [0.15, 0.2) is 30.6 Å². The van der Waals surface area contributed by atoms with Crippen LogP contribution in [0.1, 0.15) is 11.1 Å². The Labute approximate surface area is 149 Å². The van der Waals surface area contributed by atoms with E-state index in [1.165, 1.54) is 5.56 Å². The Morgan fingerprint density at radius 1 is 1.15 bits per heavy atom. The Morgan fingerprint density at radius 2 is 1.85 bits per heavy atom. The number of nitrogen functional groups attached to an aromatic ring is 1. The van der Waals surface area contributed by atoms with Crippen molar-refractivity contribution in [3.63, 3.8) is 0 Å². The average molecular weight is 362 g/mol. The third-order valence-electron chi connectivity index (χ3n) is 3.68. The first-order valence-electron chi connectivity index (χ1n) is 8.04. The van der Waals surface area contributed by atoms with Crippen LogP contribution in [-0.2, 0) is 13.1 Å². The molecule has 0 aliphatic rings. The number of hydrogen-bond donors (Lipinski definition) is 1. The Hall–Kier alpha value is -2.81. The Balaban J connectivity index is 1.83. The molecule has 0 aliphatic carbocycles. The molecule has 2 aromatic heterocycles. The highest BCUT2D eigenvalue weighted by Crippen LogP contribution is 2.20. The standard InChI is InChI=1S/C17H20F2N6O/c1-24(2)7-11-3-5-12(6-4-11)8-25-10-21-14-15(20)22-17(23-16(14)25)26-9-13(18)19/h3-6,10,13H,7-9H2,1-2H3,(H2,20,22,23). The van der Waals surface area contributed by atoms with Gasteiger partial charge in [-0.3, -0.25) is 0 Å². The molecule has 3 rings (SSSR count). The molecule has 9 heteroatoms. The van der Waals surface area contributed by atoms with E-state index < -0.39 is 13.0 Å². The van der Waals surface area contributed by atoms with E-state index in [-0.39, 0.29) is 11.8 Å². The van der Waals surface area contributed by atoms with E-state index in [2.05, 4.69) is 32.0 Å². The fraction of sp³-hybridized carbons (Fsp3) is 0.353. The largest absolute Gasteiger partial charge is 0.457 e. The molecule has 0 amide bonds. The first-order chi connectivity index (χ1) is 12.4. The van der Waals surface area contributed by atoms with E-state index in [9.17, 15) is 8.78 Å². The number of halogens is 2. The summed E-state index contributed by atoms with van der Waals surface area (Å²) in [7, 11) is 4.03. The van der Waals surface area contributed by atoms with Crippen LogP contribution in [0, 0.1) is 0 Å². The molecule has 138 valence electrons. The lowest BCUT2D eigenvalue weighted by Gasteiger charge is -2.10. The number of fused-ring (bicyclic) bond motifs is 1. The number of imidazole rings is 1. The molecule has 3 aromatic rings. The van der Waals surface area contributed by atoms with Gasteiger partial charge in [-0.1, -0.05) is 24.3 Å². The predicted molar refractivity (Wildman–Crippen MR) is 94.2 cm³/mol. The zero-order valence-corrected chi connectivity index (χ0v) is 14.6. The number of nitrogens with two attached hydrogens (primary N) is 1. The molecule has 0 saturated heterocycles. The van der Waals surface area contributed by atoms with Crippen molar-refractivity contribution in [2.24, 2.45) is 0 Å². The number of anilines is 1. The lowest BCUT2D eigenvalue weighted by Crippen LogP contribution is -2.11. The fourth-order valence-corrected chi connectivity index (χ4v) is 2.58. The normalized spacial score (nSPS) is 11.6. The first-order valence-corrected chi connectivity index (χ1v) is 8.04. The minimum atomic E-state index is -2.61. The van der Waals surface area contributed by atoms with Gasteiger partial charge in [0, 0.05) is 6.54 Å². The Morgan fingerprint density at radius 3 is 2.50 bits per heavy atom. The summed E-state index contributed by atoms with van der Waals surface area (Å²) in [6.45, 7) is 0.596. The lowest BCUT2D eigenvalue weighted by molar-refractivity contribution is 0.0772. The smallest absolute Gasteiger partial charge is 0.320 e. The summed E-state index contributed by atoms with van der Waals surface area (Å²) in [4.78, 5) is 14.3. The summed E-state index contributed by atoms with van der Waals surface area (Å²) in [6.07, 6.45) is -1.01. The van der Waals surface area contributed by atoms with Gasteiger partial charge in [-0.25, -0.2) is 13.8 Å². The Kier molecular flexibility index (Phi) is 5.27. The maximum atomic E-state index is 12.3. The molecule has 2 heterocycles. The average Bonchev–Trinajstić information content (AvgIpc) is 2.98. The third-order valence-corrected chi connectivity index (χ3v) is 3.68. The van der Waals surface area contributed by atoms with Crippen molar-refractivity contribution in [1.29, 1.82) is 0 Å². The van der Waals surface area contributed by atoms with Crippen molar-refractivity contribution >= 4 is 17.0 Å². The summed E-state index contributed by atoms with van der Waals surface area (Å²) in [6, 6.07) is 8.01. The van der Waals surface area contributed by atoms with Gasteiger partial charge in [0.2, 0.25) is 0 Å². The van der Waals surface area contributed by atoms with Crippen molar-refractivity contribution in [3.8, 4) is 6.01 Å². The quantitative estimate of drug-likeness (QED) is 0.694. The highest BCUT2D eigenvalue weighted by Gasteiger charge is 2.14. The van der Waals surface area contributed by atoms with Gasteiger partial charge in [-0.05, 0) is 25.2 Å². The molecule has 26 heavy (non-hydrogen) atoms. The van der Waals surface area contributed by atoms with Crippen molar-refractivity contribution < 1.29 is 13.5 Å². The van der Waals surface area contributed by atoms with Crippen LogP contribution in [0.4, 0.5) is 14.6 Å².